The Morgan fingerprint density at radius 3 is 1.68 bits per heavy atom. The molecule has 4 rings (SSSR count). The fraction of sp³-hybridized carbons (Fsp3) is 0.250. The van der Waals surface area contributed by atoms with Crippen LogP contribution in [0.4, 0.5) is 0 Å². The summed E-state index contributed by atoms with van der Waals surface area (Å²) < 4.78 is 5.78. The van der Waals surface area contributed by atoms with Gasteiger partial charge < -0.3 is 4.74 Å². The second-order valence-corrected chi connectivity index (χ2v) is 5.35. The minimum atomic E-state index is -0.412. The zero-order valence-corrected chi connectivity index (χ0v) is 10.3. The second-order valence-electron chi connectivity index (χ2n) is 5.35. The molecule has 2 heterocycles. The molecule has 1 aliphatic carbocycles. The third-order valence-corrected chi connectivity index (χ3v) is 4.50. The van der Waals surface area contributed by atoms with Crippen LogP contribution in [-0.4, -0.2) is 23.8 Å². The van der Waals surface area contributed by atoms with Crippen molar-refractivity contribution in [3.8, 4) is 0 Å². The molecule has 2 bridgehead atoms. The van der Waals surface area contributed by atoms with Gasteiger partial charge in [0.25, 0.3) is 0 Å². The summed E-state index contributed by atoms with van der Waals surface area (Å²) in [4.78, 5) is 25.2. The van der Waals surface area contributed by atoms with Crippen molar-refractivity contribution in [2.75, 3.05) is 0 Å². The van der Waals surface area contributed by atoms with Gasteiger partial charge in [-0.25, -0.2) is 0 Å². The van der Waals surface area contributed by atoms with E-state index in [2.05, 4.69) is 13.2 Å². The molecule has 1 aromatic rings. The van der Waals surface area contributed by atoms with Gasteiger partial charge in [0.1, 0.15) is 0 Å². The van der Waals surface area contributed by atoms with Crippen LogP contribution in [0.1, 0.15) is 20.7 Å². The quantitative estimate of drug-likeness (QED) is 0.711. The minimum Gasteiger partial charge on any atom is -0.364 e. The Kier molecular flexibility index (Phi) is 1.89. The molecule has 94 valence electrons. The highest BCUT2D eigenvalue weighted by Crippen LogP contribution is 2.52. The van der Waals surface area contributed by atoms with Gasteiger partial charge in [-0.05, 0) is 11.1 Å². The number of Topliss-reactive ketones (excluding diaryl/α,β-unsaturated/α-hetero) is 2. The molecule has 0 saturated carbocycles. The Hall–Kier alpha value is -2.00. The summed E-state index contributed by atoms with van der Waals surface area (Å²) in [5.41, 5.74) is 2.57. The van der Waals surface area contributed by atoms with Gasteiger partial charge in [0, 0.05) is 11.1 Å². The number of hydrogen-bond donors (Lipinski definition) is 0. The van der Waals surface area contributed by atoms with Gasteiger partial charge in [-0.15, -0.1) is 0 Å². The lowest BCUT2D eigenvalue weighted by Gasteiger charge is -2.32. The summed E-state index contributed by atoms with van der Waals surface area (Å²) >= 11 is 0. The molecule has 4 atom stereocenters. The maximum Gasteiger partial charge on any atom is 0.170 e. The Balaban J connectivity index is 1.93. The van der Waals surface area contributed by atoms with Crippen LogP contribution in [0.5, 0.6) is 0 Å². The van der Waals surface area contributed by atoms with E-state index in [1.165, 1.54) is 0 Å². The lowest BCUT2D eigenvalue weighted by atomic mass is 9.65. The summed E-state index contributed by atoms with van der Waals surface area (Å²) in [6.07, 6.45) is -0.736. The first-order valence-electron chi connectivity index (χ1n) is 6.32. The molecule has 3 aliphatic rings. The monoisotopic (exact) mass is 252 g/mol. The average molecular weight is 252 g/mol. The SMILES string of the molecule is C=C1C(=C)[C@@H]2O[C@H]1[C@H]1C(=O)c3ccccc3C(=O)[C@H]12. The molecule has 0 spiro atoms. The number of ether oxygens (including phenoxy) is 1. The minimum absolute atomic E-state index is 0.00125. The van der Waals surface area contributed by atoms with Crippen LogP contribution in [0.25, 0.3) is 0 Å². The van der Waals surface area contributed by atoms with E-state index in [-0.39, 0.29) is 23.8 Å². The molecule has 0 aromatic heterocycles. The van der Waals surface area contributed by atoms with Crippen molar-refractivity contribution < 1.29 is 14.3 Å². The summed E-state index contributed by atoms with van der Waals surface area (Å²) in [6.45, 7) is 7.87. The molecule has 0 unspecified atom stereocenters. The van der Waals surface area contributed by atoms with Gasteiger partial charge in [0.2, 0.25) is 0 Å². The van der Waals surface area contributed by atoms with Crippen LogP contribution in [0.15, 0.2) is 48.6 Å². The Bertz CT molecular complexity index is 613. The van der Waals surface area contributed by atoms with Crippen molar-refractivity contribution >= 4 is 11.6 Å². The summed E-state index contributed by atoms with van der Waals surface area (Å²) in [5.74, 6) is -0.821. The van der Waals surface area contributed by atoms with Crippen LogP contribution in [0.3, 0.4) is 0 Å². The van der Waals surface area contributed by atoms with Crippen molar-refractivity contribution in [3.63, 3.8) is 0 Å². The van der Waals surface area contributed by atoms with Crippen molar-refractivity contribution in [2.45, 2.75) is 12.2 Å². The van der Waals surface area contributed by atoms with Gasteiger partial charge in [-0.1, -0.05) is 37.4 Å². The lowest BCUT2D eigenvalue weighted by molar-refractivity contribution is 0.0746. The Morgan fingerprint density at radius 1 is 0.842 bits per heavy atom. The van der Waals surface area contributed by atoms with Gasteiger partial charge in [0.05, 0.1) is 24.0 Å². The van der Waals surface area contributed by atoms with Gasteiger partial charge in [-0.2, -0.15) is 0 Å². The van der Waals surface area contributed by atoms with Crippen LogP contribution in [0, 0.1) is 11.8 Å². The van der Waals surface area contributed by atoms with Crippen molar-refractivity contribution in [1.29, 1.82) is 0 Å². The van der Waals surface area contributed by atoms with E-state index >= 15 is 0 Å². The largest absolute Gasteiger partial charge is 0.364 e. The highest BCUT2D eigenvalue weighted by molar-refractivity contribution is 6.17. The molecule has 2 aliphatic heterocycles. The predicted octanol–water partition coefficient (Wildman–Crippen LogP) is 2.19. The summed E-state index contributed by atoms with van der Waals surface area (Å²) in [7, 11) is 0. The van der Waals surface area contributed by atoms with E-state index in [9.17, 15) is 9.59 Å². The topological polar surface area (TPSA) is 43.4 Å². The smallest absolute Gasteiger partial charge is 0.170 e. The maximum atomic E-state index is 12.6. The van der Waals surface area contributed by atoms with E-state index in [0.717, 1.165) is 11.1 Å². The Labute approximate surface area is 110 Å². The number of ketones is 2. The zero-order valence-electron chi connectivity index (χ0n) is 10.3. The van der Waals surface area contributed by atoms with Gasteiger partial charge >= 0.3 is 0 Å². The molecule has 2 fully saturated rings. The van der Waals surface area contributed by atoms with Crippen LogP contribution >= 0.6 is 0 Å². The maximum absolute atomic E-state index is 12.6. The number of rotatable bonds is 0. The Morgan fingerprint density at radius 2 is 1.26 bits per heavy atom. The number of carbonyl (C=O) groups is 2. The van der Waals surface area contributed by atoms with Gasteiger partial charge in [-0.3, -0.25) is 9.59 Å². The number of benzene rings is 1. The molecule has 3 nitrogen and oxygen atoms in total. The molecular weight excluding hydrogens is 240 g/mol. The van der Waals surface area contributed by atoms with E-state index < -0.39 is 11.8 Å². The molecule has 3 heteroatoms. The average Bonchev–Trinajstić information content (AvgIpc) is 2.94. The van der Waals surface area contributed by atoms with Crippen LogP contribution < -0.4 is 0 Å². The third-order valence-electron chi connectivity index (χ3n) is 4.50. The van der Waals surface area contributed by atoms with Crippen LogP contribution in [-0.2, 0) is 4.74 Å². The molecule has 19 heavy (non-hydrogen) atoms. The summed E-state index contributed by atoms with van der Waals surface area (Å²) in [6, 6.07) is 7.00. The molecule has 1 aromatic carbocycles. The number of fused-ring (bicyclic) bond motifs is 6. The highest BCUT2D eigenvalue weighted by atomic mass is 16.5. The lowest BCUT2D eigenvalue weighted by Crippen LogP contribution is -2.44. The highest BCUT2D eigenvalue weighted by Gasteiger charge is 2.60. The fourth-order valence-electron chi connectivity index (χ4n) is 3.54. The van der Waals surface area contributed by atoms with Crippen molar-refractivity contribution in [2.24, 2.45) is 11.8 Å². The zero-order chi connectivity index (χ0) is 13.3. The number of hydrogen-bond acceptors (Lipinski definition) is 3. The fourth-order valence-corrected chi connectivity index (χ4v) is 3.54. The first kappa shape index (κ1) is 10.9. The molecule has 2 saturated heterocycles. The van der Waals surface area contributed by atoms with E-state index in [1.54, 1.807) is 24.3 Å². The molecule has 0 N–H and O–H groups in total. The standard InChI is InChI=1S/C16H12O3/c1-7-8(2)16-12-11(15(7)19-16)13(17)9-5-3-4-6-10(9)14(12)18/h3-6,11-12,15-16H,1-2H2/t11-,12+,15-,16+. The van der Waals surface area contributed by atoms with E-state index in [1.807, 2.05) is 0 Å². The normalized spacial score (nSPS) is 35.6. The first-order valence-corrected chi connectivity index (χ1v) is 6.32. The third kappa shape index (κ3) is 1.12. The van der Waals surface area contributed by atoms with E-state index in [4.69, 9.17) is 4.74 Å². The summed E-state index contributed by atoms with van der Waals surface area (Å²) in [5, 5.41) is 0. The predicted molar refractivity (Wildman–Crippen MR) is 69.0 cm³/mol. The molecule has 0 amide bonds. The van der Waals surface area contributed by atoms with Crippen LogP contribution in [0.2, 0.25) is 0 Å². The van der Waals surface area contributed by atoms with Crippen molar-refractivity contribution in [3.05, 3.63) is 59.7 Å². The number of carbonyl (C=O) groups excluding carboxylic acids is 2. The van der Waals surface area contributed by atoms with Crippen molar-refractivity contribution in [1.82, 2.24) is 0 Å². The van der Waals surface area contributed by atoms with E-state index in [0.29, 0.717) is 11.1 Å². The second kappa shape index (κ2) is 3.31. The molecule has 0 radical (unpaired) electrons. The first-order chi connectivity index (χ1) is 9.11. The molecular formula is C16H12O3. The van der Waals surface area contributed by atoms with Gasteiger partial charge in [0.15, 0.2) is 11.6 Å².